The maximum Gasteiger partial charge on any atom is 0.333 e. The molecule has 5 nitrogen and oxygen atoms in total. The van der Waals surface area contributed by atoms with Crippen molar-refractivity contribution in [2.45, 2.75) is 78.6 Å². The molecule has 1 aliphatic rings. The second-order valence-electron chi connectivity index (χ2n) is 8.85. The van der Waals surface area contributed by atoms with Crippen molar-refractivity contribution in [2.75, 3.05) is 19.8 Å². The zero-order valence-electron chi connectivity index (χ0n) is 19.0. The molecule has 2 unspecified atom stereocenters. The predicted octanol–water partition coefficient (Wildman–Crippen LogP) is 5.43. The Morgan fingerprint density at radius 2 is 2.17 bits per heavy atom. The van der Waals surface area contributed by atoms with Crippen LogP contribution >= 0.6 is 0 Å². The van der Waals surface area contributed by atoms with Gasteiger partial charge in [-0.1, -0.05) is 32.0 Å². The second kappa shape index (κ2) is 12.2. The summed E-state index contributed by atoms with van der Waals surface area (Å²) >= 11 is 0. The number of hydrogen-bond donors (Lipinski definition) is 1. The number of rotatable bonds is 11. The molecule has 168 valence electrons. The lowest BCUT2D eigenvalue weighted by Crippen LogP contribution is -2.25. The average molecular weight is 419 g/mol. The number of carbonyl (C=O) groups excluding carboxylic acids is 1. The van der Waals surface area contributed by atoms with Crippen molar-refractivity contribution in [3.63, 3.8) is 0 Å². The van der Waals surface area contributed by atoms with Gasteiger partial charge in [0.05, 0.1) is 12.7 Å². The van der Waals surface area contributed by atoms with Crippen LogP contribution in [0.3, 0.4) is 0 Å². The summed E-state index contributed by atoms with van der Waals surface area (Å²) in [7, 11) is 0. The zero-order valence-corrected chi connectivity index (χ0v) is 19.0. The van der Waals surface area contributed by atoms with E-state index in [1.54, 1.807) is 13.8 Å². The lowest BCUT2D eigenvalue weighted by molar-refractivity contribution is -0.191. The second-order valence-corrected chi connectivity index (χ2v) is 8.85. The van der Waals surface area contributed by atoms with E-state index in [9.17, 15) is 9.90 Å². The van der Waals surface area contributed by atoms with E-state index in [0.29, 0.717) is 12.2 Å². The highest BCUT2D eigenvalue weighted by Crippen LogP contribution is 2.31. The number of benzene rings is 1. The third kappa shape index (κ3) is 8.21. The monoisotopic (exact) mass is 418 g/mol. The van der Waals surface area contributed by atoms with Gasteiger partial charge in [0.1, 0.15) is 0 Å². The summed E-state index contributed by atoms with van der Waals surface area (Å²) in [6.45, 7) is 9.03. The Bertz CT molecular complexity index is 689. The fourth-order valence-corrected chi connectivity index (χ4v) is 3.56. The van der Waals surface area contributed by atoms with E-state index in [2.05, 4.69) is 26.0 Å². The molecule has 1 aliphatic heterocycles. The van der Waals surface area contributed by atoms with Gasteiger partial charge < -0.3 is 19.3 Å². The SMILES string of the molecule is CCOC(=O)C(C)=Cc1cccc(C(CCCC(C)(C)CO)OC2CCCCO2)c1. The minimum absolute atomic E-state index is 0.0844. The summed E-state index contributed by atoms with van der Waals surface area (Å²) < 4.78 is 17.3. The molecule has 0 aromatic heterocycles. The largest absolute Gasteiger partial charge is 0.463 e. The Balaban J connectivity index is 2.15. The molecule has 2 atom stereocenters. The Kier molecular flexibility index (Phi) is 10.0. The zero-order chi connectivity index (χ0) is 22.0. The van der Waals surface area contributed by atoms with Gasteiger partial charge in [-0.3, -0.25) is 0 Å². The van der Waals surface area contributed by atoms with E-state index in [1.807, 2.05) is 18.2 Å². The van der Waals surface area contributed by atoms with Gasteiger partial charge in [-0.05, 0) is 81.1 Å². The van der Waals surface area contributed by atoms with Crippen molar-refractivity contribution in [3.8, 4) is 0 Å². The van der Waals surface area contributed by atoms with Crippen molar-refractivity contribution in [1.29, 1.82) is 0 Å². The number of esters is 1. The molecular weight excluding hydrogens is 380 g/mol. The lowest BCUT2D eigenvalue weighted by atomic mass is 9.87. The molecule has 1 aromatic carbocycles. The Morgan fingerprint density at radius 3 is 2.83 bits per heavy atom. The summed E-state index contributed by atoms with van der Waals surface area (Å²) in [5.74, 6) is -0.294. The first kappa shape index (κ1) is 24.6. The molecule has 1 fully saturated rings. The standard InChI is InChI=1S/C25H38O5/c1-5-28-24(27)19(2)16-20-10-8-11-21(17-20)22(12-9-14-25(3,4)18-26)30-23-13-6-7-15-29-23/h8,10-11,16-17,22-23,26H,5-7,9,12-15,18H2,1-4H3. The maximum absolute atomic E-state index is 11.9. The third-order valence-corrected chi connectivity index (χ3v) is 5.46. The highest BCUT2D eigenvalue weighted by molar-refractivity contribution is 5.93. The number of ether oxygens (including phenoxy) is 3. The average Bonchev–Trinajstić information content (AvgIpc) is 2.74. The van der Waals surface area contributed by atoms with Gasteiger partial charge in [-0.15, -0.1) is 0 Å². The molecule has 0 spiro atoms. The van der Waals surface area contributed by atoms with E-state index >= 15 is 0 Å². The molecule has 5 heteroatoms. The van der Waals surface area contributed by atoms with Crippen molar-refractivity contribution in [2.24, 2.45) is 5.41 Å². The number of carbonyl (C=O) groups is 1. The first-order valence-electron chi connectivity index (χ1n) is 11.2. The highest BCUT2D eigenvalue weighted by Gasteiger charge is 2.23. The molecule has 30 heavy (non-hydrogen) atoms. The van der Waals surface area contributed by atoms with E-state index in [4.69, 9.17) is 14.2 Å². The van der Waals surface area contributed by atoms with E-state index in [-0.39, 0.29) is 30.4 Å². The lowest BCUT2D eigenvalue weighted by Gasteiger charge is -2.29. The minimum Gasteiger partial charge on any atom is -0.463 e. The van der Waals surface area contributed by atoms with Crippen LogP contribution < -0.4 is 0 Å². The normalized spacial score (nSPS) is 18.8. The fourth-order valence-electron chi connectivity index (χ4n) is 3.56. The van der Waals surface area contributed by atoms with Crippen LogP contribution in [0.25, 0.3) is 6.08 Å². The molecule has 1 aromatic rings. The van der Waals surface area contributed by atoms with Crippen LogP contribution in [0.2, 0.25) is 0 Å². The van der Waals surface area contributed by atoms with Gasteiger partial charge in [0.25, 0.3) is 0 Å². The molecule has 1 N–H and O–H groups in total. The number of hydrogen-bond acceptors (Lipinski definition) is 5. The summed E-state index contributed by atoms with van der Waals surface area (Å²) in [5, 5.41) is 9.55. The number of aliphatic hydroxyl groups excluding tert-OH is 1. The minimum atomic E-state index is -0.294. The predicted molar refractivity (Wildman–Crippen MR) is 119 cm³/mol. The van der Waals surface area contributed by atoms with Gasteiger partial charge in [0.15, 0.2) is 6.29 Å². The van der Waals surface area contributed by atoms with Crippen LogP contribution in [0.15, 0.2) is 29.8 Å². The van der Waals surface area contributed by atoms with Crippen LogP contribution in [0.1, 0.15) is 83.5 Å². The topological polar surface area (TPSA) is 65.0 Å². The number of aliphatic hydroxyl groups is 1. The molecule has 1 heterocycles. The van der Waals surface area contributed by atoms with Crippen LogP contribution in [0, 0.1) is 5.41 Å². The first-order chi connectivity index (χ1) is 14.3. The first-order valence-corrected chi connectivity index (χ1v) is 11.2. The van der Waals surface area contributed by atoms with Gasteiger partial charge >= 0.3 is 5.97 Å². The molecule has 1 saturated heterocycles. The van der Waals surface area contributed by atoms with E-state index in [0.717, 1.165) is 56.3 Å². The molecular formula is C25H38O5. The van der Waals surface area contributed by atoms with Gasteiger partial charge in [-0.25, -0.2) is 4.79 Å². The molecule has 0 amide bonds. The smallest absolute Gasteiger partial charge is 0.333 e. The molecule has 2 rings (SSSR count). The summed E-state index contributed by atoms with van der Waals surface area (Å²) in [6, 6.07) is 8.12. The van der Waals surface area contributed by atoms with Crippen LogP contribution in [0.5, 0.6) is 0 Å². The molecule has 0 aliphatic carbocycles. The third-order valence-electron chi connectivity index (χ3n) is 5.46. The molecule has 0 bridgehead atoms. The molecule has 0 saturated carbocycles. The van der Waals surface area contributed by atoms with Crippen molar-refractivity contribution in [3.05, 3.63) is 41.0 Å². The fraction of sp³-hybridized carbons (Fsp3) is 0.640. The van der Waals surface area contributed by atoms with Gasteiger partial charge in [-0.2, -0.15) is 0 Å². The van der Waals surface area contributed by atoms with Crippen LogP contribution in [0.4, 0.5) is 0 Å². The summed E-state index contributed by atoms with van der Waals surface area (Å²) in [4.78, 5) is 11.9. The van der Waals surface area contributed by atoms with E-state index < -0.39 is 0 Å². The molecule has 0 radical (unpaired) electrons. The van der Waals surface area contributed by atoms with Crippen LogP contribution in [-0.2, 0) is 19.0 Å². The van der Waals surface area contributed by atoms with Crippen molar-refractivity contribution >= 4 is 12.0 Å². The van der Waals surface area contributed by atoms with Gasteiger partial charge in [0, 0.05) is 18.8 Å². The quantitative estimate of drug-likeness (QED) is 0.384. The van der Waals surface area contributed by atoms with Crippen LogP contribution in [-0.4, -0.2) is 37.2 Å². The van der Waals surface area contributed by atoms with Gasteiger partial charge in [0.2, 0.25) is 0 Å². The maximum atomic E-state index is 11.9. The highest BCUT2D eigenvalue weighted by atomic mass is 16.7. The Hall–Kier alpha value is -1.69. The van der Waals surface area contributed by atoms with Crippen molar-refractivity contribution < 1.29 is 24.1 Å². The van der Waals surface area contributed by atoms with E-state index in [1.165, 1.54) is 0 Å². The summed E-state index contributed by atoms with van der Waals surface area (Å²) in [5.41, 5.74) is 2.52. The summed E-state index contributed by atoms with van der Waals surface area (Å²) in [6.07, 6.45) is 7.45. The Morgan fingerprint density at radius 1 is 1.37 bits per heavy atom. The Labute approximate surface area is 181 Å². The van der Waals surface area contributed by atoms with Crippen molar-refractivity contribution in [1.82, 2.24) is 0 Å².